The molecule has 0 bridgehead atoms. The van der Waals surface area contributed by atoms with Crippen molar-refractivity contribution in [1.82, 2.24) is 20.0 Å². The maximum absolute atomic E-state index is 12.5. The summed E-state index contributed by atoms with van der Waals surface area (Å²) in [4.78, 5) is 14.4. The van der Waals surface area contributed by atoms with Crippen LogP contribution in [0.25, 0.3) is 0 Å². The number of aromatic nitrogens is 2. The van der Waals surface area contributed by atoms with Crippen LogP contribution in [0.15, 0.2) is 42.7 Å². The van der Waals surface area contributed by atoms with E-state index >= 15 is 0 Å². The van der Waals surface area contributed by atoms with Gasteiger partial charge in [0.2, 0.25) is 0 Å². The van der Waals surface area contributed by atoms with Gasteiger partial charge in [-0.1, -0.05) is 37.3 Å². The minimum absolute atomic E-state index is 0.00992. The molecule has 23 heavy (non-hydrogen) atoms. The summed E-state index contributed by atoms with van der Waals surface area (Å²) in [6.45, 7) is 4.35. The minimum atomic E-state index is 0.00992. The van der Waals surface area contributed by atoms with E-state index in [-0.39, 0.29) is 11.4 Å². The third kappa shape index (κ3) is 3.55. The highest BCUT2D eigenvalue weighted by Crippen LogP contribution is 2.33. The van der Waals surface area contributed by atoms with Gasteiger partial charge in [0.1, 0.15) is 0 Å². The summed E-state index contributed by atoms with van der Waals surface area (Å²) < 4.78 is 1.74. The van der Waals surface area contributed by atoms with Gasteiger partial charge in [-0.2, -0.15) is 5.10 Å². The number of hydrogen-bond donors (Lipinski definition) is 1. The summed E-state index contributed by atoms with van der Waals surface area (Å²) in [7, 11) is 1.88. The van der Waals surface area contributed by atoms with Gasteiger partial charge in [-0.25, -0.2) is 4.79 Å². The molecule has 1 aliphatic heterocycles. The number of nitrogens with zero attached hydrogens (tertiary/aromatic N) is 3. The highest BCUT2D eigenvalue weighted by molar-refractivity contribution is 5.74. The molecule has 2 aromatic rings. The number of amides is 2. The Hall–Kier alpha value is -2.30. The standard InChI is InChI=1S/C18H24N4O/c1-18(16-7-4-3-5-8-16)9-6-10-22(14-18)17(23)19-11-15-12-20-21(2)13-15/h3-5,7-8,12-13H,6,9-11,14H2,1-2H3,(H,19,23). The molecule has 1 saturated heterocycles. The van der Waals surface area contributed by atoms with E-state index in [9.17, 15) is 4.79 Å². The van der Waals surface area contributed by atoms with Crippen LogP contribution < -0.4 is 5.32 Å². The van der Waals surface area contributed by atoms with Gasteiger partial charge in [-0.3, -0.25) is 4.68 Å². The highest BCUT2D eigenvalue weighted by Gasteiger charge is 2.34. The van der Waals surface area contributed by atoms with Gasteiger partial charge in [0.05, 0.1) is 6.20 Å². The van der Waals surface area contributed by atoms with Crippen molar-refractivity contribution in [2.75, 3.05) is 13.1 Å². The molecule has 1 aliphatic rings. The maximum Gasteiger partial charge on any atom is 0.317 e. The lowest BCUT2D eigenvalue weighted by Gasteiger charge is -2.40. The minimum Gasteiger partial charge on any atom is -0.334 e. The molecule has 5 heteroatoms. The molecule has 1 aromatic carbocycles. The molecule has 1 unspecified atom stereocenters. The molecule has 0 spiro atoms. The Morgan fingerprint density at radius 2 is 2.13 bits per heavy atom. The van der Waals surface area contributed by atoms with Crippen molar-refractivity contribution >= 4 is 6.03 Å². The molecule has 2 amide bonds. The van der Waals surface area contributed by atoms with Crippen molar-refractivity contribution in [1.29, 1.82) is 0 Å². The van der Waals surface area contributed by atoms with Gasteiger partial charge in [0.15, 0.2) is 0 Å². The second kappa shape index (κ2) is 6.44. The fourth-order valence-electron chi connectivity index (χ4n) is 3.34. The zero-order valence-corrected chi connectivity index (χ0v) is 13.8. The number of piperidine rings is 1. The molecular formula is C18H24N4O. The fourth-order valence-corrected chi connectivity index (χ4v) is 3.34. The van der Waals surface area contributed by atoms with Crippen LogP contribution in [0.2, 0.25) is 0 Å². The zero-order chi connectivity index (χ0) is 16.3. The van der Waals surface area contributed by atoms with E-state index in [1.807, 2.05) is 24.2 Å². The Balaban J connectivity index is 1.62. The van der Waals surface area contributed by atoms with Gasteiger partial charge >= 0.3 is 6.03 Å². The number of aryl methyl sites for hydroxylation is 1. The Morgan fingerprint density at radius 1 is 1.35 bits per heavy atom. The van der Waals surface area contributed by atoms with Gasteiger partial charge in [-0.05, 0) is 18.4 Å². The van der Waals surface area contributed by atoms with Crippen LogP contribution in [0.1, 0.15) is 30.9 Å². The van der Waals surface area contributed by atoms with E-state index in [4.69, 9.17) is 0 Å². The van der Waals surface area contributed by atoms with Crippen LogP contribution in [0.4, 0.5) is 4.79 Å². The molecule has 1 atom stereocenters. The highest BCUT2D eigenvalue weighted by atomic mass is 16.2. The number of rotatable bonds is 3. The lowest BCUT2D eigenvalue weighted by Crippen LogP contribution is -2.50. The average molecular weight is 312 g/mol. The monoisotopic (exact) mass is 312 g/mol. The molecule has 1 fully saturated rings. The van der Waals surface area contributed by atoms with Crippen molar-refractivity contribution < 1.29 is 4.79 Å². The third-order valence-electron chi connectivity index (χ3n) is 4.66. The summed E-state index contributed by atoms with van der Waals surface area (Å²) in [6.07, 6.45) is 5.85. The van der Waals surface area contributed by atoms with Crippen LogP contribution in [0.5, 0.6) is 0 Å². The molecule has 122 valence electrons. The number of hydrogen-bond acceptors (Lipinski definition) is 2. The lowest BCUT2D eigenvalue weighted by atomic mass is 9.76. The molecule has 3 rings (SSSR count). The molecule has 2 heterocycles. The van der Waals surface area contributed by atoms with Crippen molar-refractivity contribution in [3.63, 3.8) is 0 Å². The zero-order valence-electron chi connectivity index (χ0n) is 13.8. The predicted molar refractivity (Wildman–Crippen MR) is 90.0 cm³/mol. The van der Waals surface area contributed by atoms with Gasteiger partial charge in [-0.15, -0.1) is 0 Å². The number of benzene rings is 1. The van der Waals surface area contributed by atoms with E-state index in [0.717, 1.165) is 31.5 Å². The van der Waals surface area contributed by atoms with E-state index < -0.39 is 0 Å². The number of nitrogens with one attached hydrogen (secondary N) is 1. The topological polar surface area (TPSA) is 50.2 Å². The van der Waals surface area contributed by atoms with Crippen LogP contribution in [-0.4, -0.2) is 33.8 Å². The first-order chi connectivity index (χ1) is 11.1. The number of likely N-dealkylation sites (tertiary alicyclic amines) is 1. The normalized spacial score (nSPS) is 21.2. The summed E-state index contributed by atoms with van der Waals surface area (Å²) in [5.74, 6) is 0. The van der Waals surface area contributed by atoms with E-state index in [2.05, 4.69) is 41.6 Å². The summed E-state index contributed by atoms with van der Waals surface area (Å²) >= 11 is 0. The lowest BCUT2D eigenvalue weighted by molar-refractivity contribution is 0.155. The quantitative estimate of drug-likeness (QED) is 0.947. The van der Waals surface area contributed by atoms with E-state index in [1.54, 1.807) is 10.9 Å². The third-order valence-corrected chi connectivity index (χ3v) is 4.66. The van der Waals surface area contributed by atoms with Gasteiger partial charge in [0, 0.05) is 43.9 Å². The first kappa shape index (κ1) is 15.6. The van der Waals surface area contributed by atoms with Crippen LogP contribution >= 0.6 is 0 Å². The van der Waals surface area contributed by atoms with Crippen molar-refractivity contribution in [2.45, 2.75) is 31.7 Å². The molecule has 0 aliphatic carbocycles. The molecule has 5 nitrogen and oxygen atoms in total. The molecule has 1 aromatic heterocycles. The number of carbonyl (C=O) groups is 1. The van der Waals surface area contributed by atoms with E-state index in [1.165, 1.54) is 5.56 Å². The molecule has 1 N–H and O–H groups in total. The van der Waals surface area contributed by atoms with Gasteiger partial charge < -0.3 is 10.2 Å². The van der Waals surface area contributed by atoms with Crippen LogP contribution in [-0.2, 0) is 19.0 Å². The molecule has 0 saturated carbocycles. The Labute approximate surface area is 137 Å². The SMILES string of the molecule is Cn1cc(CNC(=O)N2CCCC(C)(c3ccccc3)C2)cn1. The Bertz CT molecular complexity index is 667. The predicted octanol–water partition coefficient (Wildman–Crippen LogP) is 2.68. The van der Waals surface area contributed by atoms with E-state index in [0.29, 0.717) is 6.54 Å². The maximum atomic E-state index is 12.5. The molecule has 0 radical (unpaired) electrons. The summed E-state index contributed by atoms with van der Waals surface area (Å²) in [5, 5.41) is 7.13. The average Bonchev–Trinajstić information content (AvgIpc) is 2.99. The smallest absolute Gasteiger partial charge is 0.317 e. The first-order valence-corrected chi connectivity index (χ1v) is 8.13. The van der Waals surface area contributed by atoms with Gasteiger partial charge in [0.25, 0.3) is 0 Å². The second-order valence-corrected chi connectivity index (χ2v) is 6.63. The van der Waals surface area contributed by atoms with Crippen molar-refractivity contribution in [2.24, 2.45) is 7.05 Å². The summed E-state index contributed by atoms with van der Waals surface area (Å²) in [5.41, 5.74) is 2.36. The van der Waals surface area contributed by atoms with Crippen molar-refractivity contribution in [3.8, 4) is 0 Å². The van der Waals surface area contributed by atoms with Crippen LogP contribution in [0.3, 0.4) is 0 Å². The van der Waals surface area contributed by atoms with Crippen molar-refractivity contribution in [3.05, 3.63) is 53.9 Å². The Kier molecular flexibility index (Phi) is 4.37. The fraction of sp³-hybridized carbons (Fsp3) is 0.444. The largest absolute Gasteiger partial charge is 0.334 e. The van der Waals surface area contributed by atoms with Crippen LogP contribution in [0, 0.1) is 0 Å². The number of carbonyl (C=O) groups excluding carboxylic acids is 1. The summed E-state index contributed by atoms with van der Waals surface area (Å²) in [6, 6.07) is 10.5. The second-order valence-electron chi connectivity index (χ2n) is 6.63. The first-order valence-electron chi connectivity index (χ1n) is 8.13. The molecular weight excluding hydrogens is 288 g/mol. The number of urea groups is 1. The Morgan fingerprint density at radius 3 is 2.83 bits per heavy atom.